The van der Waals surface area contributed by atoms with Crippen LogP contribution in [0.4, 0.5) is 18.9 Å². The zero-order valence-corrected chi connectivity index (χ0v) is 15.8. The van der Waals surface area contributed by atoms with E-state index in [1.807, 2.05) is 17.5 Å². The Morgan fingerprint density at radius 3 is 2.43 bits per heavy atom. The molecule has 0 saturated carbocycles. The lowest BCUT2D eigenvalue weighted by molar-refractivity contribution is -0.137. The molecule has 0 unspecified atom stereocenters. The van der Waals surface area contributed by atoms with Crippen LogP contribution in [-0.4, -0.2) is 15.7 Å². The second kappa shape index (κ2) is 7.23. The average Bonchev–Trinajstić information content (AvgIpc) is 3.16. The minimum absolute atomic E-state index is 0.379. The van der Waals surface area contributed by atoms with E-state index in [9.17, 15) is 22.8 Å². The number of benzene rings is 1. The number of nitrogens with zero attached hydrogens (tertiary/aromatic N) is 2. The first-order valence-corrected chi connectivity index (χ1v) is 9.11. The van der Waals surface area contributed by atoms with Crippen LogP contribution in [0.1, 0.15) is 19.4 Å². The monoisotopic (exact) mass is 407 g/mol. The predicted molar refractivity (Wildman–Crippen MR) is 101 cm³/mol. The highest BCUT2D eigenvalue weighted by molar-refractivity contribution is 7.13. The molecular weight excluding hydrogens is 391 g/mol. The van der Waals surface area contributed by atoms with Crippen molar-refractivity contribution in [3.63, 3.8) is 0 Å². The fraction of sp³-hybridized carbons (Fsp3) is 0.211. The molecule has 2 aromatic heterocycles. The number of amides is 1. The van der Waals surface area contributed by atoms with Gasteiger partial charge in [-0.3, -0.25) is 9.59 Å². The van der Waals surface area contributed by atoms with Gasteiger partial charge in [0.25, 0.3) is 11.5 Å². The fourth-order valence-electron chi connectivity index (χ4n) is 2.58. The molecule has 0 fully saturated rings. The van der Waals surface area contributed by atoms with Crippen molar-refractivity contribution in [2.75, 3.05) is 5.32 Å². The molecule has 3 rings (SSSR count). The lowest BCUT2D eigenvalue weighted by atomic mass is 10.0. The lowest BCUT2D eigenvalue weighted by Gasteiger charge is -2.26. The van der Waals surface area contributed by atoms with E-state index in [1.54, 1.807) is 0 Å². The van der Waals surface area contributed by atoms with Crippen LogP contribution in [0.15, 0.2) is 58.7 Å². The third-order valence-corrected chi connectivity index (χ3v) is 5.03. The van der Waals surface area contributed by atoms with E-state index in [4.69, 9.17) is 0 Å². The lowest BCUT2D eigenvalue weighted by Crippen LogP contribution is -2.47. The van der Waals surface area contributed by atoms with E-state index in [-0.39, 0.29) is 5.69 Å². The van der Waals surface area contributed by atoms with E-state index in [0.717, 1.165) is 21.7 Å². The highest BCUT2D eigenvalue weighted by atomic mass is 32.1. The number of rotatable bonds is 4. The number of carbonyl (C=O) groups is 1. The number of anilines is 1. The van der Waals surface area contributed by atoms with E-state index in [0.29, 0.717) is 5.69 Å². The number of carbonyl (C=O) groups excluding carboxylic acids is 1. The number of halogens is 3. The fourth-order valence-corrected chi connectivity index (χ4v) is 3.27. The maximum absolute atomic E-state index is 13.2. The number of aromatic nitrogens is 2. The van der Waals surface area contributed by atoms with Crippen LogP contribution in [-0.2, 0) is 16.5 Å². The summed E-state index contributed by atoms with van der Waals surface area (Å²) in [6.45, 7) is 2.84. The third kappa shape index (κ3) is 3.84. The summed E-state index contributed by atoms with van der Waals surface area (Å²) in [7, 11) is 0. The topological polar surface area (TPSA) is 64.0 Å². The Labute approximate surface area is 162 Å². The van der Waals surface area contributed by atoms with Gasteiger partial charge in [0.1, 0.15) is 11.2 Å². The first-order chi connectivity index (χ1) is 13.1. The zero-order valence-electron chi connectivity index (χ0n) is 14.9. The van der Waals surface area contributed by atoms with Gasteiger partial charge in [-0.25, -0.2) is 4.68 Å². The molecule has 0 bridgehead atoms. The molecule has 0 atom stereocenters. The van der Waals surface area contributed by atoms with E-state index < -0.39 is 28.7 Å². The maximum Gasteiger partial charge on any atom is 0.418 e. The van der Waals surface area contributed by atoms with Crippen molar-refractivity contribution < 1.29 is 18.0 Å². The van der Waals surface area contributed by atoms with Crippen LogP contribution in [0.2, 0.25) is 0 Å². The highest BCUT2D eigenvalue weighted by Gasteiger charge is 2.37. The molecule has 1 aromatic carbocycles. The predicted octanol–water partition coefficient (Wildman–Crippen LogP) is 4.36. The largest absolute Gasteiger partial charge is 0.418 e. The van der Waals surface area contributed by atoms with Crippen molar-refractivity contribution >= 4 is 22.9 Å². The van der Waals surface area contributed by atoms with Crippen molar-refractivity contribution in [1.82, 2.24) is 9.78 Å². The number of thiophene rings is 1. The summed E-state index contributed by atoms with van der Waals surface area (Å²) in [4.78, 5) is 25.9. The Balaban J connectivity index is 1.97. The van der Waals surface area contributed by atoms with Crippen LogP contribution in [0.3, 0.4) is 0 Å². The standard InChI is InChI=1S/C19H16F3N3O2S/c1-18(2,17(27)23-13-7-4-3-6-12(13)19(20,21)22)25-16(26)10-9-14(24-25)15-8-5-11-28-15/h3-11H,1-2H3,(H,23,27). The highest BCUT2D eigenvalue weighted by Crippen LogP contribution is 2.35. The Hall–Kier alpha value is -2.94. The number of para-hydroxylation sites is 1. The first kappa shape index (κ1) is 19.8. The van der Waals surface area contributed by atoms with Crippen molar-refractivity contribution in [2.24, 2.45) is 0 Å². The van der Waals surface area contributed by atoms with Gasteiger partial charge in [-0.15, -0.1) is 11.3 Å². The molecule has 9 heteroatoms. The maximum atomic E-state index is 13.2. The minimum atomic E-state index is -4.62. The smallest absolute Gasteiger partial charge is 0.323 e. The van der Waals surface area contributed by atoms with E-state index in [1.165, 1.54) is 49.4 Å². The molecule has 5 nitrogen and oxygen atoms in total. The van der Waals surface area contributed by atoms with Gasteiger partial charge in [0, 0.05) is 6.07 Å². The third-order valence-electron chi connectivity index (χ3n) is 4.14. The van der Waals surface area contributed by atoms with Crippen LogP contribution >= 0.6 is 11.3 Å². The number of hydrogen-bond donors (Lipinski definition) is 1. The molecule has 0 aliphatic heterocycles. The van der Waals surface area contributed by atoms with Crippen LogP contribution < -0.4 is 10.9 Å². The van der Waals surface area contributed by atoms with Gasteiger partial charge in [-0.1, -0.05) is 18.2 Å². The van der Waals surface area contributed by atoms with Gasteiger partial charge >= 0.3 is 6.18 Å². The molecule has 0 aliphatic rings. The Morgan fingerprint density at radius 1 is 1.07 bits per heavy atom. The summed E-state index contributed by atoms with van der Waals surface area (Å²) in [5, 5.41) is 8.38. The second-order valence-corrected chi connectivity index (χ2v) is 7.45. The minimum Gasteiger partial charge on any atom is -0.323 e. The molecule has 1 amide bonds. The van der Waals surface area contributed by atoms with Gasteiger partial charge in [-0.2, -0.15) is 18.3 Å². The number of alkyl halides is 3. The quantitative estimate of drug-likeness (QED) is 0.699. The summed E-state index contributed by atoms with van der Waals surface area (Å²) < 4.78 is 40.5. The van der Waals surface area contributed by atoms with Crippen molar-refractivity contribution in [1.29, 1.82) is 0 Å². The zero-order chi connectivity index (χ0) is 20.5. The molecule has 0 radical (unpaired) electrons. The molecule has 28 heavy (non-hydrogen) atoms. The van der Waals surface area contributed by atoms with Crippen molar-refractivity contribution in [2.45, 2.75) is 25.6 Å². The average molecular weight is 407 g/mol. The number of hydrogen-bond acceptors (Lipinski definition) is 4. The molecule has 2 heterocycles. The Kier molecular flexibility index (Phi) is 5.12. The SMILES string of the molecule is CC(C)(C(=O)Nc1ccccc1C(F)(F)F)n1nc(-c2cccs2)ccc1=O. The van der Waals surface area contributed by atoms with Gasteiger partial charge < -0.3 is 5.32 Å². The summed E-state index contributed by atoms with van der Waals surface area (Å²) in [5.41, 5.74) is -2.92. The summed E-state index contributed by atoms with van der Waals surface area (Å²) in [6.07, 6.45) is -4.62. The summed E-state index contributed by atoms with van der Waals surface area (Å²) in [6, 6.07) is 11.1. The van der Waals surface area contributed by atoms with Crippen molar-refractivity contribution in [3.8, 4) is 10.6 Å². The molecule has 3 aromatic rings. The van der Waals surface area contributed by atoms with Crippen LogP contribution in [0.25, 0.3) is 10.6 Å². The normalized spacial score (nSPS) is 12.0. The van der Waals surface area contributed by atoms with E-state index >= 15 is 0 Å². The van der Waals surface area contributed by atoms with Crippen LogP contribution in [0.5, 0.6) is 0 Å². The van der Waals surface area contributed by atoms with Crippen molar-refractivity contribution in [3.05, 3.63) is 69.8 Å². The van der Waals surface area contributed by atoms with Gasteiger partial charge in [0.15, 0.2) is 0 Å². The number of nitrogens with one attached hydrogen (secondary N) is 1. The molecule has 0 spiro atoms. The first-order valence-electron chi connectivity index (χ1n) is 8.23. The summed E-state index contributed by atoms with van der Waals surface area (Å²) >= 11 is 1.41. The molecular formula is C19H16F3N3O2S. The Morgan fingerprint density at radius 2 is 1.79 bits per heavy atom. The van der Waals surface area contributed by atoms with Crippen LogP contribution in [0, 0.1) is 0 Å². The molecule has 1 N–H and O–H groups in total. The summed E-state index contributed by atoms with van der Waals surface area (Å²) in [5.74, 6) is -0.790. The van der Waals surface area contributed by atoms with Gasteiger partial charge in [0.2, 0.25) is 0 Å². The van der Waals surface area contributed by atoms with Gasteiger partial charge in [-0.05, 0) is 43.5 Å². The van der Waals surface area contributed by atoms with Gasteiger partial charge in [0.05, 0.1) is 16.1 Å². The second-order valence-electron chi connectivity index (χ2n) is 6.50. The van der Waals surface area contributed by atoms with E-state index in [2.05, 4.69) is 10.4 Å². The molecule has 146 valence electrons. The Bertz CT molecular complexity index is 1060. The molecule has 0 saturated heterocycles. The molecule has 0 aliphatic carbocycles.